The van der Waals surface area contributed by atoms with E-state index in [0.717, 1.165) is 29.4 Å². The summed E-state index contributed by atoms with van der Waals surface area (Å²) in [7, 11) is 0. The first kappa shape index (κ1) is 15.0. The molecular formula is C17H20Cl2N2S. The van der Waals surface area contributed by atoms with Gasteiger partial charge in [-0.1, -0.05) is 23.2 Å². The van der Waals surface area contributed by atoms with Crippen molar-refractivity contribution in [2.45, 2.75) is 38.1 Å². The number of hydrogen-bond donors (Lipinski definition) is 2. The SMILES string of the molecule is S=C(Nc1cc(Cl)cc(Cl)c1)NC1C2CC3CC(C2)CC1C3. The lowest BCUT2D eigenvalue weighted by Crippen LogP contribution is -2.56. The molecule has 2 nitrogen and oxygen atoms in total. The molecule has 0 heterocycles. The van der Waals surface area contributed by atoms with Crippen molar-refractivity contribution in [3.63, 3.8) is 0 Å². The van der Waals surface area contributed by atoms with Gasteiger partial charge in [-0.3, -0.25) is 0 Å². The molecule has 4 fully saturated rings. The summed E-state index contributed by atoms with van der Waals surface area (Å²) in [6.45, 7) is 0. The zero-order valence-corrected chi connectivity index (χ0v) is 14.6. The highest BCUT2D eigenvalue weighted by atomic mass is 35.5. The highest BCUT2D eigenvalue weighted by Crippen LogP contribution is 2.53. The first-order chi connectivity index (χ1) is 10.6. The van der Waals surface area contributed by atoms with Crippen LogP contribution in [-0.2, 0) is 0 Å². The molecule has 0 atom stereocenters. The lowest BCUT2D eigenvalue weighted by Gasteiger charge is -2.54. The Balaban J connectivity index is 1.42. The minimum atomic E-state index is 0.544. The number of hydrogen-bond acceptors (Lipinski definition) is 1. The van der Waals surface area contributed by atoms with Gasteiger partial charge in [0.05, 0.1) is 0 Å². The largest absolute Gasteiger partial charge is 0.359 e. The van der Waals surface area contributed by atoms with Crippen LogP contribution in [-0.4, -0.2) is 11.2 Å². The first-order valence-electron chi connectivity index (χ1n) is 8.10. The molecule has 0 saturated heterocycles. The zero-order valence-electron chi connectivity index (χ0n) is 12.3. The molecule has 0 aliphatic heterocycles. The molecule has 1 aromatic carbocycles. The predicted molar refractivity (Wildman–Crippen MR) is 96.7 cm³/mol. The molecule has 22 heavy (non-hydrogen) atoms. The molecule has 4 saturated carbocycles. The molecule has 4 aliphatic rings. The van der Waals surface area contributed by atoms with Crippen LogP contribution in [0.4, 0.5) is 5.69 Å². The number of halogens is 2. The van der Waals surface area contributed by atoms with Crippen molar-refractivity contribution in [3.8, 4) is 0 Å². The molecule has 2 N–H and O–H groups in total. The summed E-state index contributed by atoms with van der Waals surface area (Å²) in [4.78, 5) is 0. The molecule has 1 aromatic rings. The molecule has 118 valence electrons. The molecule has 5 heteroatoms. The maximum Gasteiger partial charge on any atom is 0.171 e. The third-order valence-electron chi connectivity index (χ3n) is 5.64. The lowest BCUT2D eigenvalue weighted by atomic mass is 9.54. The van der Waals surface area contributed by atoms with Crippen molar-refractivity contribution in [3.05, 3.63) is 28.2 Å². The van der Waals surface area contributed by atoms with Gasteiger partial charge in [-0.2, -0.15) is 0 Å². The molecule has 5 rings (SSSR count). The van der Waals surface area contributed by atoms with Gasteiger partial charge in [0.25, 0.3) is 0 Å². The van der Waals surface area contributed by atoms with Crippen LogP contribution in [0.25, 0.3) is 0 Å². The molecule has 0 spiro atoms. The van der Waals surface area contributed by atoms with E-state index in [1.54, 1.807) is 6.07 Å². The second-order valence-electron chi connectivity index (χ2n) is 7.21. The summed E-state index contributed by atoms with van der Waals surface area (Å²) < 4.78 is 0. The summed E-state index contributed by atoms with van der Waals surface area (Å²) in [6.07, 6.45) is 7.02. The average molecular weight is 355 g/mol. The van der Waals surface area contributed by atoms with Crippen LogP contribution in [0.2, 0.25) is 10.0 Å². The van der Waals surface area contributed by atoms with E-state index in [0.29, 0.717) is 21.2 Å². The van der Waals surface area contributed by atoms with Crippen LogP contribution in [0.15, 0.2) is 18.2 Å². The first-order valence-corrected chi connectivity index (χ1v) is 9.27. The van der Waals surface area contributed by atoms with Gasteiger partial charge >= 0.3 is 0 Å². The number of benzene rings is 1. The van der Waals surface area contributed by atoms with E-state index in [1.807, 2.05) is 12.1 Å². The quantitative estimate of drug-likeness (QED) is 0.722. The van der Waals surface area contributed by atoms with Crippen molar-refractivity contribution < 1.29 is 0 Å². The minimum absolute atomic E-state index is 0.544. The number of thiocarbonyl (C=S) groups is 1. The molecule has 4 aliphatic carbocycles. The van der Waals surface area contributed by atoms with Crippen LogP contribution in [0.5, 0.6) is 0 Å². The van der Waals surface area contributed by atoms with E-state index in [4.69, 9.17) is 35.4 Å². The van der Waals surface area contributed by atoms with Crippen LogP contribution in [0.1, 0.15) is 32.1 Å². The number of nitrogens with one attached hydrogen (secondary N) is 2. The summed E-state index contributed by atoms with van der Waals surface area (Å²) in [6, 6.07) is 5.96. The summed E-state index contributed by atoms with van der Waals surface area (Å²) in [5, 5.41) is 8.74. The van der Waals surface area contributed by atoms with Crippen LogP contribution >= 0.6 is 35.4 Å². The fourth-order valence-electron chi connectivity index (χ4n) is 5.11. The van der Waals surface area contributed by atoms with Crippen molar-refractivity contribution in [1.29, 1.82) is 0 Å². The Morgan fingerprint density at radius 3 is 2.00 bits per heavy atom. The van der Waals surface area contributed by atoms with Gasteiger partial charge in [0.1, 0.15) is 0 Å². The molecule has 0 aromatic heterocycles. The van der Waals surface area contributed by atoms with E-state index >= 15 is 0 Å². The molecular weight excluding hydrogens is 335 g/mol. The maximum absolute atomic E-state index is 6.04. The van der Waals surface area contributed by atoms with Crippen LogP contribution < -0.4 is 10.6 Å². The summed E-state index contributed by atoms with van der Waals surface area (Å²) in [5.74, 6) is 3.57. The topological polar surface area (TPSA) is 24.1 Å². The molecule has 0 unspecified atom stereocenters. The smallest absolute Gasteiger partial charge is 0.171 e. The zero-order chi connectivity index (χ0) is 15.3. The normalized spacial score (nSPS) is 35.5. The standard InChI is InChI=1S/C17H20Cl2N2S/c18-13-6-14(19)8-15(7-13)20-17(22)21-16-11-2-9-1-10(4-11)5-12(16)3-9/h6-12,16H,1-5H2,(H2,20,21,22). The van der Waals surface area contributed by atoms with E-state index in [1.165, 1.54) is 32.1 Å². The van der Waals surface area contributed by atoms with Gasteiger partial charge in [-0.15, -0.1) is 0 Å². The van der Waals surface area contributed by atoms with Gasteiger partial charge in [0.2, 0.25) is 0 Å². The fourth-order valence-corrected chi connectivity index (χ4v) is 5.89. The van der Waals surface area contributed by atoms with E-state index in [9.17, 15) is 0 Å². The summed E-state index contributed by atoms with van der Waals surface area (Å²) >= 11 is 17.6. The maximum atomic E-state index is 6.04. The highest BCUT2D eigenvalue weighted by molar-refractivity contribution is 7.80. The van der Waals surface area contributed by atoms with Crippen molar-refractivity contribution in [2.24, 2.45) is 23.7 Å². The lowest BCUT2D eigenvalue weighted by molar-refractivity contribution is -0.00665. The highest BCUT2D eigenvalue weighted by Gasteiger charge is 2.48. The van der Waals surface area contributed by atoms with Gasteiger partial charge in [-0.25, -0.2) is 0 Å². The number of rotatable bonds is 2. The Morgan fingerprint density at radius 2 is 1.45 bits per heavy atom. The van der Waals surface area contributed by atoms with Gasteiger partial charge in [-0.05, 0) is 86.2 Å². The Hall–Kier alpha value is -0.510. The Morgan fingerprint density at radius 1 is 0.909 bits per heavy atom. The Labute approximate surface area is 146 Å². The predicted octanol–water partition coefficient (Wildman–Crippen LogP) is 5.10. The third-order valence-corrected chi connectivity index (χ3v) is 6.30. The monoisotopic (exact) mass is 354 g/mol. The molecule has 0 radical (unpaired) electrons. The Bertz CT molecular complexity index is 556. The van der Waals surface area contributed by atoms with Crippen molar-refractivity contribution >= 4 is 46.2 Å². The van der Waals surface area contributed by atoms with Gasteiger partial charge in [0, 0.05) is 21.8 Å². The number of anilines is 1. The van der Waals surface area contributed by atoms with Crippen LogP contribution in [0.3, 0.4) is 0 Å². The molecule has 0 amide bonds. The minimum Gasteiger partial charge on any atom is -0.359 e. The second-order valence-corrected chi connectivity index (χ2v) is 8.49. The van der Waals surface area contributed by atoms with Crippen molar-refractivity contribution in [2.75, 3.05) is 5.32 Å². The Kier molecular flexibility index (Phi) is 4.00. The average Bonchev–Trinajstić information content (AvgIpc) is 2.40. The van der Waals surface area contributed by atoms with Gasteiger partial charge in [0.15, 0.2) is 5.11 Å². The fraction of sp³-hybridized carbons (Fsp3) is 0.588. The van der Waals surface area contributed by atoms with Gasteiger partial charge < -0.3 is 10.6 Å². The summed E-state index contributed by atoms with van der Waals surface area (Å²) in [5.41, 5.74) is 0.846. The van der Waals surface area contributed by atoms with E-state index in [-0.39, 0.29) is 0 Å². The van der Waals surface area contributed by atoms with Crippen LogP contribution in [0, 0.1) is 23.7 Å². The van der Waals surface area contributed by atoms with E-state index in [2.05, 4.69) is 10.6 Å². The van der Waals surface area contributed by atoms with Crippen molar-refractivity contribution in [1.82, 2.24) is 5.32 Å². The third kappa shape index (κ3) is 2.95. The molecule has 4 bridgehead atoms. The van der Waals surface area contributed by atoms with E-state index < -0.39 is 0 Å². The second kappa shape index (κ2) is 5.85.